The molecule has 0 unspecified atom stereocenters. The first-order valence-corrected chi connectivity index (χ1v) is 15.8. The first-order chi connectivity index (χ1) is 12.6. The minimum atomic E-state index is -1.78. The van der Waals surface area contributed by atoms with Crippen molar-refractivity contribution < 1.29 is 9.53 Å². The first kappa shape index (κ1) is 26.9. The third-order valence-electron chi connectivity index (χ3n) is 4.89. The number of carbonyl (C=O) groups excluding carboxylic acids is 1. The van der Waals surface area contributed by atoms with E-state index < -0.39 is 5.96 Å². The topological polar surface area (TPSA) is 26.3 Å². The summed E-state index contributed by atoms with van der Waals surface area (Å²) >= 11 is 6.59. The van der Waals surface area contributed by atoms with Crippen LogP contribution in [0.5, 0.6) is 0 Å². The van der Waals surface area contributed by atoms with Crippen molar-refractivity contribution in [1.29, 1.82) is 0 Å². The Kier molecular flexibility index (Phi) is 14.8. The molecule has 2 nitrogen and oxygen atoms in total. The van der Waals surface area contributed by atoms with Crippen LogP contribution >= 0.6 is 17.2 Å². The van der Waals surface area contributed by atoms with Crippen molar-refractivity contribution >= 4 is 23.2 Å². The van der Waals surface area contributed by atoms with Crippen molar-refractivity contribution in [3.63, 3.8) is 0 Å². The van der Waals surface area contributed by atoms with Gasteiger partial charge in [0.05, 0.1) is 6.61 Å². The van der Waals surface area contributed by atoms with Crippen LogP contribution < -0.4 is 0 Å². The molecule has 0 fully saturated rings. The van der Waals surface area contributed by atoms with Gasteiger partial charge in [0.25, 0.3) is 0 Å². The fourth-order valence-electron chi connectivity index (χ4n) is 3.16. The summed E-state index contributed by atoms with van der Waals surface area (Å²) in [6.45, 7) is 12.6. The molecule has 0 aromatic carbocycles. The molecule has 0 saturated heterocycles. The minimum absolute atomic E-state index is 0.259. The van der Waals surface area contributed by atoms with Crippen molar-refractivity contribution in [2.24, 2.45) is 0 Å². The van der Waals surface area contributed by atoms with E-state index in [9.17, 15) is 4.79 Å². The maximum absolute atomic E-state index is 11.2. The molecule has 0 atom stereocenters. The van der Waals surface area contributed by atoms with Crippen LogP contribution in [0.25, 0.3) is 0 Å². The van der Waals surface area contributed by atoms with E-state index in [0.717, 1.165) is 12.8 Å². The summed E-state index contributed by atoms with van der Waals surface area (Å²) in [5.74, 6) is -2.04. The van der Waals surface area contributed by atoms with Crippen LogP contribution in [0, 0.1) is 0 Å². The molecule has 4 heteroatoms. The van der Waals surface area contributed by atoms with Crippen LogP contribution in [0.1, 0.15) is 96.8 Å². The summed E-state index contributed by atoms with van der Waals surface area (Å²) < 4.78 is 5.09. The van der Waals surface area contributed by atoms with Crippen LogP contribution in [0.2, 0.25) is 0 Å². The first-order valence-electron chi connectivity index (χ1n) is 11.1. The Labute approximate surface area is 174 Å². The number of halogens is 1. The zero-order chi connectivity index (χ0) is 20.6. The summed E-state index contributed by atoms with van der Waals surface area (Å²) in [6.07, 6.45) is 19.7. The van der Waals surface area contributed by atoms with Gasteiger partial charge in [-0.15, -0.1) is 0 Å². The average molecular weight is 421 g/mol. The van der Waals surface area contributed by atoms with Crippen molar-refractivity contribution in [1.82, 2.24) is 0 Å². The molecule has 162 valence electrons. The molecule has 0 N–H and O–H groups in total. The summed E-state index contributed by atoms with van der Waals surface area (Å²) in [4.78, 5) is 11.2. The van der Waals surface area contributed by atoms with Crippen LogP contribution in [0.4, 0.5) is 0 Å². The number of unbranched alkanes of at least 4 members (excludes halogenated alkanes) is 13. The third kappa shape index (κ3) is 22.1. The average Bonchev–Trinajstić information content (AvgIpc) is 2.55. The van der Waals surface area contributed by atoms with Crippen LogP contribution in [-0.4, -0.2) is 38.7 Å². The fourth-order valence-corrected chi connectivity index (χ4v) is 4.81. The van der Waals surface area contributed by atoms with Gasteiger partial charge >= 0.3 is 120 Å². The van der Waals surface area contributed by atoms with Gasteiger partial charge < -0.3 is 4.74 Å². The predicted molar refractivity (Wildman–Crippen MR) is 126 cm³/mol. The molecule has 0 radical (unpaired) electrons. The zero-order valence-electron chi connectivity index (χ0n) is 18.7. The molecule has 0 aliphatic rings. The number of rotatable bonds is 18. The summed E-state index contributed by atoms with van der Waals surface area (Å²) in [5, 5.41) is 0. The second-order valence-corrected chi connectivity index (χ2v) is 19.5. The molecule has 0 saturated carbocycles. The predicted octanol–water partition coefficient (Wildman–Crippen LogP) is 8.16. The molecular weight excluding hydrogens is 375 g/mol. The van der Waals surface area contributed by atoms with E-state index in [1.165, 1.54) is 83.2 Å². The van der Waals surface area contributed by atoms with E-state index in [2.05, 4.69) is 26.6 Å². The van der Waals surface area contributed by atoms with Gasteiger partial charge in [0, 0.05) is 5.57 Å². The fraction of sp³-hybridized carbons (Fsp3) is 0.870. The molecule has 0 rings (SSSR count). The van der Waals surface area contributed by atoms with Gasteiger partial charge in [0.2, 0.25) is 0 Å². The standard InChI is InChI=1S/C23H46ClO2P/c1-22(2)23(25)26-20-18-16-14-12-10-8-6-7-9-11-13-15-17-19-21-27(3,4,5)24/h1,6-21H2,2-5H3. The van der Waals surface area contributed by atoms with E-state index in [1.54, 1.807) is 6.92 Å². The number of hydrogen-bond acceptors (Lipinski definition) is 2. The Hall–Kier alpha value is -0.0700. The van der Waals surface area contributed by atoms with E-state index in [4.69, 9.17) is 16.0 Å². The zero-order valence-corrected chi connectivity index (χ0v) is 20.3. The van der Waals surface area contributed by atoms with Gasteiger partial charge in [-0.2, -0.15) is 0 Å². The molecule has 27 heavy (non-hydrogen) atoms. The van der Waals surface area contributed by atoms with Crippen molar-refractivity contribution in [2.75, 3.05) is 32.8 Å². The summed E-state index contributed by atoms with van der Waals surface area (Å²) in [6, 6.07) is 0. The van der Waals surface area contributed by atoms with Gasteiger partial charge in [0.1, 0.15) is 0 Å². The molecule has 0 spiro atoms. The van der Waals surface area contributed by atoms with Gasteiger partial charge in [-0.05, 0) is 13.3 Å². The number of hydrogen-bond donors (Lipinski definition) is 0. The number of ether oxygens (including phenoxy) is 1. The van der Waals surface area contributed by atoms with Crippen molar-refractivity contribution in [3.05, 3.63) is 12.2 Å². The van der Waals surface area contributed by atoms with Gasteiger partial charge in [-0.25, -0.2) is 4.79 Å². The van der Waals surface area contributed by atoms with E-state index in [-0.39, 0.29) is 5.97 Å². The number of esters is 1. The van der Waals surface area contributed by atoms with Crippen LogP contribution in [0.15, 0.2) is 12.2 Å². The Balaban J connectivity index is 3.17. The normalized spacial score (nSPS) is 13.1. The molecule has 0 aromatic heterocycles. The second-order valence-electron chi connectivity index (χ2n) is 9.51. The Morgan fingerprint density at radius 1 is 0.741 bits per heavy atom. The van der Waals surface area contributed by atoms with Crippen molar-refractivity contribution in [2.45, 2.75) is 96.8 Å². The summed E-state index contributed by atoms with van der Waals surface area (Å²) in [5.41, 5.74) is 0.487. The van der Waals surface area contributed by atoms with E-state index in [1.807, 2.05) is 0 Å². The third-order valence-corrected chi connectivity index (χ3v) is 7.22. The van der Waals surface area contributed by atoms with Gasteiger partial charge in [-0.3, -0.25) is 0 Å². The van der Waals surface area contributed by atoms with Gasteiger partial charge in [-0.1, -0.05) is 19.4 Å². The van der Waals surface area contributed by atoms with E-state index in [0.29, 0.717) is 12.2 Å². The molecule has 0 aromatic rings. The molecule has 0 amide bonds. The molecular formula is C23H46ClO2P. The van der Waals surface area contributed by atoms with Gasteiger partial charge in [0.15, 0.2) is 0 Å². The van der Waals surface area contributed by atoms with E-state index >= 15 is 0 Å². The van der Waals surface area contributed by atoms with Crippen molar-refractivity contribution in [3.8, 4) is 0 Å². The SMILES string of the molecule is C=C(C)C(=O)OCCCCCCCCCCCCCCCCP(C)(C)(C)Cl. The molecule has 0 aliphatic carbocycles. The van der Waals surface area contributed by atoms with Crippen LogP contribution in [-0.2, 0) is 9.53 Å². The Morgan fingerprint density at radius 2 is 1.07 bits per heavy atom. The number of carbonyl (C=O) groups is 1. The molecule has 0 bridgehead atoms. The van der Waals surface area contributed by atoms with Crippen LogP contribution in [0.3, 0.4) is 0 Å². The Morgan fingerprint density at radius 3 is 1.41 bits per heavy atom. The monoisotopic (exact) mass is 420 g/mol. The quantitative estimate of drug-likeness (QED) is 0.0966. The Bertz CT molecular complexity index is 403. The second kappa shape index (κ2) is 14.9. The molecule has 0 heterocycles. The molecule has 0 aliphatic heterocycles. The maximum atomic E-state index is 11.2. The summed E-state index contributed by atoms with van der Waals surface area (Å²) in [7, 11) is 0.